The van der Waals surface area contributed by atoms with Gasteiger partial charge < -0.3 is 9.84 Å². The van der Waals surface area contributed by atoms with E-state index in [1.807, 2.05) is 60.7 Å². The topological polar surface area (TPSA) is 70.9 Å². The molecule has 5 heteroatoms. The van der Waals surface area contributed by atoms with Gasteiger partial charge in [0.1, 0.15) is 0 Å². The van der Waals surface area contributed by atoms with E-state index in [1.165, 1.54) is 25.3 Å². The molecule has 0 bridgehead atoms. The van der Waals surface area contributed by atoms with Crippen molar-refractivity contribution >= 4 is 24.3 Å². The van der Waals surface area contributed by atoms with Gasteiger partial charge in [0.05, 0.1) is 13.3 Å². The molecule has 0 atom stereocenters. The molecule has 1 amide bonds. The van der Waals surface area contributed by atoms with Crippen LogP contribution in [0, 0.1) is 0 Å². The summed E-state index contributed by atoms with van der Waals surface area (Å²) in [5.41, 5.74) is 5.87. The Labute approximate surface area is 163 Å². The number of nitrogens with one attached hydrogen (secondary N) is 1. The molecule has 0 saturated heterocycles. The monoisotopic (exact) mass is 372 g/mol. The van der Waals surface area contributed by atoms with Gasteiger partial charge in [0.15, 0.2) is 11.5 Å². The lowest BCUT2D eigenvalue weighted by molar-refractivity contribution is 0.0954. The van der Waals surface area contributed by atoms with E-state index >= 15 is 0 Å². The number of amides is 1. The Balaban J connectivity index is 1.58. The number of carbonyl (C=O) groups is 1. The number of methoxy groups -OCH3 is 1. The molecule has 3 rings (SSSR count). The van der Waals surface area contributed by atoms with Crippen molar-refractivity contribution in [3.8, 4) is 11.5 Å². The van der Waals surface area contributed by atoms with Crippen LogP contribution in [-0.2, 0) is 0 Å². The van der Waals surface area contributed by atoms with Gasteiger partial charge in [-0.2, -0.15) is 5.10 Å². The van der Waals surface area contributed by atoms with Gasteiger partial charge >= 0.3 is 0 Å². The number of carbonyl (C=O) groups excluding carboxylic acids is 1. The lowest BCUT2D eigenvalue weighted by atomic mass is 10.1. The first-order chi connectivity index (χ1) is 13.7. The van der Waals surface area contributed by atoms with E-state index < -0.39 is 5.91 Å². The van der Waals surface area contributed by atoms with Crippen molar-refractivity contribution in [2.75, 3.05) is 7.11 Å². The second kappa shape index (κ2) is 9.19. The SMILES string of the molecule is COc1cc(C(=O)N/N=C/c2ccc(/C=C/c3ccccc3)cc2)ccc1O. The van der Waals surface area contributed by atoms with E-state index in [0.717, 1.165) is 16.7 Å². The molecule has 0 unspecified atom stereocenters. The van der Waals surface area contributed by atoms with Crippen molar-refractivity contribution in [2.45, 2.75) is 0 Å². The first-order valence-corrected chi connectivity index (χ1v) is 8.69. The third-order valence-corrected chi connectivity index (χ3v) is 4.03. The fourth-order valence-corrected chi connectivity index (χ4v) is 2.50. The summed E-state index contributed by atoms with van der Waals surface area (Å²) in [5, 5.41) is 13.5. The van der Waals surface area contributed by atoms with Crippen LogP contribution in [0.2, 0.25) is 0 Å². The fraction of sp³-hybridized carbons (Fsp3) is 0.0435. The maximum Gasteiger partial charge on any atom is 0.271 e. The molecular formula is C23H20N2O3. The first kappa shape index (κ1) is 18.9. The highest BCUT2D eigenvalue weighted by molar-refractivity contribution is 5.95. The molecule has 0 aliphatic rings. The van der Waals surface area contributed by atoms with Crippen molar-refractivity contribution in [1.82, 2.24) is 5.43 Å². The summed E-state index contributed by atoms with van der Waals surface area (Å²) >= 11 is 0. The Morgan fingerprint density at radius 1 is 0.929 bits per heavy atom. The number of rotatable bonds is 6. The Kier molecular flexibility index (Phi) is 6.21. The number of hydrogen-bond donors (Lipinski definition) is 2. The molecule has 0 fully saturated rings. The summed E-state index contributed by atoms with van der Waals surface area (Å²) < 4.78 is 4.99. The fourth-order valence-electron chi connectivity index (χ4n) is 2.50. The summed E-state index contributed by atoms with van der Waals surface area (Å²) in [6.07, 6.45) is 5.66. The average Bonchev–Trinajstić information content (AvgIpc) is 2.74. The zero-order valence-electron chi connectivity index (χ0n) is 15.4. The number of hydrazone groups is 1. The Hall–Kier alpha value is -3.86. The van der Waals surface area contributed by atoms with E-state index in [2.05, 4.69) is 16.6 Å². The van der Waals surface area contributed by atoms with Gasteiger partial charge in [-0.1, -0.05) is 66.7 Å². The Bertz CT molecular complexity index is 994. The molecule has 5 nitrogen and oxygen atoms in total. The summed E-state index contributed by atoms with van der Waals surface area (Å²) in [6, 6.07) is 22.2. The Morgan fingerprint density at radius 2 is 1.57 bits per heavy atom. The van der Waals surface area contributed by atoms with Crippen molar-refractivity contribution < 1.29 is 14.6 Å². The molecule has 0 aliphatic heterocycles. The molecule has 0 spiro atoms. The lowest BCUT2D eigenvalue weighted by Crippen LogP contribution is -2.17. The smallest absolute Gasteiger partial charge is 0.271 e. The van der Waals surface area contributed by atoms with Crippen LogP contribution < -0.4 is 10.2 Å². The van der Waals surface area contributed by atoms with E-state index in [1.54, 1.807) is 6.21 Å². The van der Waals surface area contributed by atoms with Crippen molar-refractivity contribution in [3.05, 3.63) is 95.1 Å². The molecule has 3 aromatic rings. The molecule has 0 saturated carbocycles. The highest BCUT2D eigenvalue weighted by Crippen LogP contribution is 2.26. The molecule has 140 valence electrons. The number of benzene rings is 3. The molecule has 0 aromatic heterocycles. The molecule has 3 aromatic carbocycles. The molecule has 28 heavy (non-hydrogen) atoms. The number of aromatic hydroxyl groups is 1. The van der Waals surface area contributed by atoms with Gasteiger partial charge in [0.2, 0.25) is 0 Å². The van der Waals surface area contributed by atoms with E-state index in [0.29, 0.717) is 5.56 Å². The first-order valence-electron chi connectivity index (χ1n) is 8.69. The molecule has 0 heterocycles. The van der Waals surface area contributed by atoms with Crippen LogP contribution in [0.25, 0.3) is 12.2 Å². The predicted molar refractivity (Wildman–Crippen MR) is 112 cm³/mol. The minimum absolute atomic E-state index is 0.0241. The highest BCUT2D eigenvalue weighted by Gasteiger charge is 2.08. The normalized spacial score (nSPS) is 11.0. The predicted octanol–water partition coefficient (Wildman–Crippen LogP) is 4.34. The number of hydrogen-bond acceptors (Lipinski definition) is 4. The maximum absolute atomic E-state index is 12.1. The minimum Gasteiger partial charge on any atom is -0.504 e. The third-order valence-electron chi connectivity index (χ3n) is 4.03. The molecule has 0 aliphatic carbocycles. The number of ether oxygens (including phenoxy) is 1. The average molecular weight is 372 g/mol. The van der Waals surface area contributed by atoms with E-state index in [9.17, 15) is 9.90 Å². The minimum atomic E-state index is -0.392. The number of phenols is 1. The molecule has 2 N–H and O–H groups in total. The van der Waals surface area contributed by atoms with Gasteiger partial charge in [0.25, 0.3) is 5.91 Å². The quantitative estimate of drug-likeness (QED) is 0.384. The van der Waals surface area contributed by atoms with Crippen LogP contribution >= 0.6 is 0 Å². The molecular weight excluding hydrogens is 352 g/mol. The number of nitrogens with zero attached hydrogens (tertiary/aromatic N) is 1. The van der Waals surface area contributed by atoms with E-state index in [-0.39, 0.29) is 11.5 Å². The number of phenolic OH excluding ortho intramolecular Hbond substituents is 1. The lowest BCUT2D eigenvalue weighted by Gasteiger charge is -2.05. The van der Waals surface area contributed by atoms with Gasteiger partial charge in [-0.05, 0) is 34.9 Å². The van der Waals surface area contributed by atoms with Crippen LogP contribution in [0.5, 0.6) is 11.5 Å². The zero-order valence-corrected chi connectivity index (χ0v) is 15.4. The van der Waals surface area contributed by atoms with Crippen molar-refractivity contribution in [1.29, 1.82) is 0 Å². The van der Waals surface area contributed by atoms with Crippen LogP contribution in [0.1, 0.15) is 27.0 Å². The Morgan fingerprint density at radius 3 is 2.25 bits per heavy atom. The van der Waals surface area contributed by atoms with Crippen LogP contribution in [-0.4, -0.2) is 24.3 Å². The third kappa shape index (κ3) is 5.08. The summed E-state index contributed by atoms with van der Waals surface area (Å²) in [5.74, 6) is -0.184. The van der Waals surface area contributed by atoms with Crippen LogP contribution in [0.4, 0.5) is 0 Å². The summed E-state index contributed by atoms with van der Waals surface area (Å²) in [7, 11) is 1.42. The standard InChI is InChI=1S/C23H20N2O3/c1-28-22-15-20(13-14-21(22)26)23(27)25-24-16-19-11-9-18(10-12-19)8-7-17-5-3-2-4-6-17/h2-16,26H,1H3,(H,25,27)/b8-7+,24-16+. The highest BCUT2D eigenvalue weighted by atomic mass is 16.5. The van der Waals surface area contributed by atoms with Gasteiger partial charge in [-0.25, -0.2) is 5.43 Å². The van der Waals surface area contributed by atoms with Gasteiger partial charge in [0, 0.05) is 5.56 Å². The second-order valence-electron chi connectivity index (χ2n) is 6.00. The van der Waals surface area contributed by atoms with Gasteiger partial charge in [-0.15, -0.1) is 0 Å². The maximum atomic E-state index is 12.1. The largest absolute Gasteiger partial charge is 0.504 e. The second-order valence-corrected chi connectivity index (χ2v) is 6.00. The zero-order chi connectivity index (χ0) is 19.8. The van der Waals surface area contributed by atoms with Gasteiger partial charge in [-0.3, -0.25) is 4.79 Å². The van der Waals surface area contributed by atoms with E-state index in [4.69, 9.17) is 4.74 Å². The summed E-state index contributed by atoms with van der Waals surface area (Å²) in [4.78, 5) is 12.1. The van der Waals surface area contributed by atoms with Crippen molar-refractivity contribution in [3.63, 3.8) is 0 Å². The summed E-state index contributed by atoms with van der Waals surface area (Å²) in [6.45, 7) is 0. The van der Waals surface area contributed by atoms with Crippen LogP contribution in [0.3, 0.4) is 0 Å². The van der Waals surface area contributed by atoms with Crippen LogP contribution in [0.15, 0.2) is 77.9 Å². The molecule has 0 radical (unpaired) electrons. The van der Waals surface area contributed by atoms with Crippen molar-refractivity contribution in [2.24, 2.45) is 5.10 Å².